The molecule has 27 heavy (non-hydrogen) atoms. The summed E-state index contributed by atoms with van der Waals surface area (Å²) in [5, 5.41) is 11.9. The standard InChI is InChI=1S/C21H31N5O/c1-2-21(10-16-3-4-17(21)24-16)18(27)25-19-6-14-5-15(7-19)9-20(8-14,11-19)26-13-22-12-23-26/h12-17,24H,2-11H2,1H3,(H,25,27)/t14?,15?,16-,17+,19?,20?,21+/m0/s1. The van der Waals surface area contributed by atoms with Crippen LogP contribution in [0.5, 0.6) is 0 Å². The van der Waals surface area contributed by atoms with E-state index < -0.39 is 0 Å². The maximum atomic E-state index is 13.7. The molecule has 2 unspecified atom stereocenters. The lowest BCUT2D eigenvalue weighted by atomic mass is 9.49. The molecule has 2 saturated heterocycles. The summed E-state index contributed by atoms with van der Waals surface area (Å²) in [4.78, 5) is 17.9. The average molecular weight is 370 g/mol. The molecule has 0 radical (unpaired) electrons. The molecule has 5 atom stereocenters. The van der Waals surface area contributed by atoms with Crippen LogP contribution in [0.15, 0.2) is 12.7 Å². The number of carbonyl (C=O) groups is 1. The quantitative estimate of drug-likeness (QED) is 0.855. The molecule has 2 aliphatic heterocycles. The van der Waals surface area contributed by atoms with E-state index in [1.54, 1.807) is 6.33 Å². The Kier molecular flexibility index (Phi) is 3.27. The largest absolute Gasteiger partial charge is 0.350 e. The molecule has 6 bridgehead atoms. The van der Waals surface area contributed by atoms with Gasteiger partial charge in [0.05, 0.1) is 11.0 Å². The summed E-state index contributed by atoms with van der Waals surface area (Å²) < 4.78 is 2.13. The van der Waals surface area contributed by atoms with Gasteiger partial charge in [-0.1, -0.05) is 6.92 Å². The fourth-order valence-electron chi connectivity index (χ4n) is 8.25. The van der Waals surface area contributed by atoms with E-state index in [9.17, 15) is 4.79 Å². The Bertz CT molecular complexity index is 747. The summed E-state index contributed by atoms with van der Waals surface area (Å²) >= 11 is 0. The van der Waals surface area contributed by atoms with Crippen LogP contribution in [0.1, 0.15) is 71.1 Å². The minimum absolute atomic E-state index is 0.0306. The summed E-state index contributed by atoms with van der Waals surface area (Å²) in [5.74, 6) is 1.76. The van der Waals surface area contributed by atoms with Gasteiger partial charge in [-0.25, -0.2) is 9.67 Å². The molecule has 7 rings (SSSR count). The second-order valence-electron chi connectivity index (χ2n) is 10.5. The van der Waals surface area contributed by atoms with Crippen molar-refractivity contribution in [2.24, 2.45) is 17.3 Å². The Morgan fingerprint density at radius 3 is 2.63 bits per heavy atom. The van der Waals surface area contributed by atoms with Crippen molar-refractivity contribution in [1.82, 2.24) is 25.4 Å². The third-order valence-corrected chi connectivity index (χ3v) is 8.92. The van der Waals surface area contributed by atoms with Crippen molar-refractivity contribution in [1.29, 1.82) is 0 Å². The number of nitrogens with one attached hydrogen (secondary N) is 2. The van der Waals surface area contributed by atoms with E-state index >= 15 is 0 Å². The number of hydrogen-bond donors (Lipinski definition) is 2. The van der Waals surface area contributed by atoms with Crippen LogP contribution < -0.4 is 10.6 Å². The topological polar surface area (TPSA) is 71.8 Å². The molecule has 1 aromatic rings. The fraction of sp³-hybridized carbons (Fsp3) is 0.857. The molecule has 6 heteroatoms. The van der Waals surface area contributed by atoms with Gasteiger partial charge in [0, 0.05) is 17.6 Å². The monoisotopic (exact) mass is 369 g/mol. The second-order valence-corrected chi connectivity index (χ2v) is 10.5. The van der Waals surface area contributed by atoms with Crippen LogP contribution in [-0.4, -0.2) is 38.3 Å². The minimum atomic E-state index is -0.188. The summed E-state index contributed by atoms with van der Waals surface area (Å²) in [6, 6.07) is 0.934. The average Bonchev–Trinajstić information content (AvgIpc) is 3.37. The lowest BCUT2D eigenvalue weighted by Gasteiger charge is -2.62. The van der Waals surface area contributed by atoms with Crippen molar-refractivity contribution in [3.05, 3.63) is 12.7 Å². The van der Waals surface area contributed by atoms with Crippen molar-refractivity contribution >= 4 is 5.91 Å². The normalized spacial score (nSPS) is 49.7. The highest BCUT2D eigenvalue weighted by molar-refractivity contribution is 5.85. The molecule has 0 spiro atoms. The number of nitrogens with zero attached hydrogens (tertiary/aromatic N) is 3. The highest BCUT2D eigenvalue weighted by Crippen LogP contribution is 2.60. The van der Waals surface area contributed by atoms with E-state index in [4.69, 9.17) is 0 Å². The predicted octanol–water partition coefficient (Wildman–Crippen LogP) is 2.36. The number of hydrogen-bond acceptors (Lipinski definition) is 4. The lowest BCUT2D eigenvalue weighted by Crippen LogP contribution is -2.67. The first kappa shape index (κ1) is 16.5. The number of aromatic nitrogens is 3. The van der Waals surface area contributed by atoms with Crippen molar-refractivity contribution in [2.45, 2.75) is 94.3 Å². The summed E-state index contributed by atoms with van der Waals surface area (Å²) in [6.45, 7) is 2.21. The SMILES string of the molecule is CC[C@@]1(C(=O)NC23CC4CC(C2)CC(n2cncn2)(C4)C3)C[C@@H]2CC[C@H]1N2. The first-order valence-corrected chi connectivity index (χ1v) is 11.0. The van der Waals surface area contributed by atoms with E-state index in [-0.39, 0.29) is 16.5 Å². The van der Waals surface area contributed by atoms with Crippen molar-refractivity contribution in [3.63, 3.8) is 0 Å². The van der Waals surface area contributed by atoms with Gasteiger partial charge < -0.3 is 10.6 Å². The molecule has 6 nitrogen and oxygen atoms in total. The number of amides is 1. The Morgan fingerprint density at radius 2 is 2.04 bits per heavy atom. The lowest BCUT2D eigenvalue weighted by molar-refractivity contribution is -0.141. The first-order valence-electron chi connectivity index (χ1n) is 11.0. The van der Waals surface area contributed by atoms with Gasteiger partial charge in [-0.05, 0) is 76.0 Å². The predicted molar refractivity (Wildman–Crippen MR) is 101 cm³/mol. The van der Waals surface area contributed by atoms with Gasteiger partial charge in [-0.15, -0.1) is 0 Å². The van der Waals surface area contributed by atoms with Crippen LogP contribution in [0.3, 0.4) is 0 Å². The van der Waals surface area contributed by atoms with Crippen molar-refractivity contribution in [3.8, 4) is 0 Å². The third kappa shape index (κ3) is 2.19. The van der Waals surface area contributed by atoms with Crippen LogP contribution in [0.2, 0.25) is 0 Å². The smallest absolute Gasteiger partial charge is 0.228 e. The Labute approximate surface area is 160 Å². The molecular weight excluding hydrogens is 338 g/mol. The van der Waals surface area contributed by atoms with Gasteiger partial charge in [0.2, 0.25) is 5.91 Å². The Balaban J connectivity index is 1.31. The van der Waals surface area contributed by atoms with Crippen LogP contribution in [0, 0.1) is 17.3 Å². The molecule has 6 fully saturated rings. The molecule has 4 saturated carbocycles. The summed E-state index contributed by atoms with van der Waals surface area (Å²) in [6.07, 6.45) is 15.0. The van der Waals surface area contributed by atoms with Crippen molar-refractivity contribution < 1.29 is 4.79 Å². The molecular formula is C21H31N5O. The number of rotatable bonds is 4. The van der Waals surface area contributed by atoms with E-state index in [1.807, 2.05) is 6.33 Å². The van der Waals surface area contributed by atoms with Gasteiger partial charge in [0.25, 0.3) is 0 Å². The van der Waals surface area contributed by atoms with Crippen molar-refractivity contribution in [2.75, 3.05) is 0 Å². The molecule has 0 aromatic carbocycles. The minimum Gasteiger partial charge on any atom is -0.350 e. The molecule has 146 valence electrons. The molecule has 1 aromatic heterocycles. The van der Waals surface area contributed by atoms with E-state index in [0.717, 1.165) is 38.5 Å². The Hall–Kier alpha value is -1.43. The molecule has 6 aliphatic rings. The van der Waals surface area contributed by atoms with E-state index in [0.29, 0.717) is 29.8 Å². The van der Waals surface area contributed by atoms with E-state index in [2.05, 4.69) is 32.3 Å². The number of fused-ring (bicyclic) bond motifs is 2. The van der Waals surface area contributed by atoms with Crippen LogP contribution in [0.4, 0.5) is 0 Å². The molecule has 2 N–H and O–H groups in total. The first-order chi connectivity index (χ1) is 13.0. The molecule has 3 heterocycles. The zero-order valence-electron chi connectivity index (χ0n) is 16.3. The van der Waals surface area contributed by atoms with Crippen LogP contribution in [-0.2, 0) is 10.3 Å². The molecule has 1 amide bonds. The van der Waals surface area contributed by atoms with Crippen LogP contribution in [0.25, 0.3) is 0 Å². The van der Waals surface area contributed by atoms with Gasteiger partial charge in [0.1, 0.15) is 12.7 Å². The number of carbonyl (C=O) groups excluding carboxylic acids is 1. The second kappa shape index (κ2) is 5.34. The van der Waals surface area contributed by atoms with Gasteiger partial charge in [-0.2, -0.15) is 5.10 Å². The van der Waals surface area contributed by atoms with Crippen LogP contribution >= 0.6 is 0 Å². The zero-order chi connectivity index (χ0) is 18.3. The summed E-state index contributed by atoms with van der Waals surface area (Å²) in [7, 11) is 0. The highest BCUT2D eigenvalue weighted by atomic mass is 16.2. The van der Waals surface area contributed by atoms with E-state index in [1.165, 1.54) is 25.7 Å². The highest BCUT2D eigenvalue weighted by Gasteiger charge is 2.61. The zero-order valence-corrected chi connectivity index (χ0v) is 16.3. The Morgan fingerprint density at radius 1 is 1.22 bits per heavy atom. The maximum Gasteiger partial charge on any atom is 0.228 e. The fourth-order valence-corrected chi connectivity index (χ4v) is 8.25. The third-order valence-electron chi connectivity index (χ3n) is 8.92. The van der Waals surface area contributed by atoms with Gasteiger partial charge in [-0.3, -0.25) is 4.79 Å². The summed E-state index contributed by atoms with van der Waals surface area (Å²) in [5.41, 5.74) is -0.149. The van der Waals surface area contributed by atoms with Gasteiger partial charge in [0.15, 0.2) is 0 Å². The maximum absolute atomic E-state index is 13.7. The van der Waals surface area contributed by atoms with Gasteiger partial charge >= 0.3 is 0 Å². The molecule has 4 aliphatic carbocycles.